The van der Waals surface area contributed by atoms with Crippen molar-refractivity contribution in [2.75, 3.05) is 6.54 Å². The maximum atomic E-state index is 12.4. The summed E-state index contributed by atoms with van der Waals surface area (Å²) in [6.45, 7) is 9.81. The van der Waals surface area contributed by atoms with Crippen LogP contribution in [0.1, 0.15) is 64.2 Å². The van der Waals surface area contributed by atoms with Gasteiger partial charge in [-0.15, -0.1) is 10.2 Å². The zero-order chi connectivity index (χ0) is 20.1. The lowest BCUT2D eigenvalue weighted by Gasteiger charge is -2.20. The van der Waals surface area contributed by atoms with Gasteiger partial charge in [0.25, 0.3) is 5.91 Å². The van der Waals surface area contributed by atoms with Gasteiger partial charge < -0.3 is 14.6 Å². The molecule has 1 aliphatic rings. The molecule has 2 aromatic rings. The number of nitrogens with one attached hydrogen (secondary N) is 1. The highest BCUT2D eigenvalue weighted by Gasteiger charge is 2.18. The van der Waals surface area contributed by atoms with Crippen molar-refractivity contribution in [2.45, 2.75) is 77.9 Å². The fourth-order valence-electron chi connectivity index (χ4n) is 3.46. The molecule has 3 rings (SSSR count). The number of amides is 1. The first-order chi connectivity index (χ1) is 13.3. The molecule has 0 fully saturated rings. The molecule has 152 valence electrons. The summed E-state index contributed by atoms with van der Waals surface area (Å²) in [6, 6.07) is 7.96. The molecule has 1 unspecified atom stereocenters. The maximum absolute atomic E-state index is 12.4. The number of aromatic nitrogens is 3. The van der Waals surface area contributed by atoms with Crippen LogP contribution in [-0.4, -0.2) is 33.3 Å². The Balaban J connectivity index is 1.48. The Morgan fingerprint density at radius 1 is 1.18 bits per heavy atom. The number of fused-ring (bicyclic) bond motifs is 1. The number of carbonyl (C=O) groups excluding carboxylic acids is 1. The van der Waals surface area contributed by atoms with Crippen molar-refractivity contribution in [1.82, 2.24) is 20.1 Å². The number of ether oxygens (including phenoxy) is 1. The molecule has 1 N–H and O–H groups in total. The van der Waals surface area contributed by atoms with E-state index < -0.39 is 6.10 Å². The smallest absolute Gasteiger partial charge is 0.260 e. The molecule has 28 heavy (non-hydrogen) atoms. The largest absolute Gasteiger partial charge is 0.481 e. The fraction of sp³-hybridized carbons (Fsp3) is 0.591. The molecule has 1 amide bonds. The zero-order valence-corrected chi connectivity index (χ0v) is 17.5. The van der Waals surface area contributed by atoms with E-state index in [1.165, 1.54) is 24.8 Å². The number of hydrogen-bond donors (Lipinski definition) is 1. The van der Waals surface area contributed by atoms with Gasteiger partial charge in [0.2, 0.25) is 0 Å². The summed E-state index contributed by atoms with van der Waals surface area (Å²) >= 11 is 0. The Morgan fingerprint density at radius 2 is 1.93 bits per heavy atom. The van der Waals surface area contributed by atoms with E-state index in [0.717, 1.165) is 24.6 Å². The second kappa shape index (κ2) is 8.76. The summed E-state index contributed by atoms with van der Waals surface area (Å²) < 4.78 is 8.01. The van der Waals surface area contributed by atoms with E-state index >= 15 is 0 Å². The average molecular weight is 385 g/mol. The number of benzene rings is 1. The van der Waals surface area contributed by atoms with Crippen molar-refractivity contribution in [3.05, 3.63) is 41.5 Å². The molecule has 1 aliphatic heterocycles. The molecule has 0 saturated heterocycles. The first kappa shape index (κ1) is 20.4. The molecule has 2 heterocycles. The van der Waals surface area contributed by atoms with Crippen LogP contribution in [0, 0.1) is 0 Å². The van der Waals surface area contributed by atoms with Crippen LogP contribution < -0.4 is 10.1 Å². The van der Waals surface area contributed by atoms with E-state index in [2.05, 4.69) is 53.0 Å². The number of carbonyl (C=O) groups is 1. The van der Waals surface area contributed by atoms with Crippen molar-refractivity contribution in [3.63, 3.8) is 0 Å². The summed E-state index contributed by atoms with van der Waals surface area (Å²) in [7, 11) is 0. The third-order valence-electron chi connectivity index (χ3n) is 5.24. The van der Waals surface area contributed by atoms with Crippen molar-refractivity contribution in [2.24, 2.45) is 0 Å². The Morgan fingerprint density at radius 3 is 2.64 bits per heavy atom. The second-order valence-electron chi connectivity index (χ2n) is 8.57. The van der Waals surface area contributed by atoms with Gasteiger partial charge in [-0.2, -0.15) is 0 Å². The summed E-state index contributed by atoms with van der Waals surface area (Å²) in [5.74, 6) is 2.63. The SMILES string of the molecule is CC(Oc1ccc(C(C)(C)C)cc1)C(=O)NCCc1nnc2n1CCCCC2. The van der Waals surface area contributed by atoms with Crippen LogP contribution in [0.3, 0.4) is 0 Å². The predicted octanol–water partition coefficient (Wildman–Crippen LogP) is 3.43. The molecule has 0 radical (unpaired) electrons. The van der Waals surface area contributed by atoms with Crippen LogP contribution in [0.25, 0.3) is 0 Å². The summed E-state index contributed by atoms with van der Waals surface area (Å²) in [5, 5.41) is 11.6. The van der Waals surface area contributed by atoms with Gasteiger partial charge in [0, 0.05) is 25.9 Å². The second-order valence-corrected chi connectivity index (χ2v) is 8.57. The van der Waals surface area contributed by atoms with Gasteiger partial charge in [-0.05, 0) is 42.9 Å². The van der Waals surface area contributed by atoms with Crippen LogP contribution in [-0.2, 0) is 29.6 Å². The lowest BCUT2D eigenvalue weighted by Crippen LogP contribution is -2.37. The minimum Gasteiger partial charge on any atom is -0.481 e. The number of rotatable bonds is 6. The monoisotopic (exact) mass is 384 g/mol. The Bertz CT molecular complexity index is 790. The molecule has 0 bridgehead atoms. The molecule has 1 aromatic carbocycles. The fourth-order valence-corrected chi connectivity index (χ4v) is 3.46. The van der Waals surface area contributed by atoms with E-state index in [-0.39, 0.29) is 11.3 Å². The van der Waals surface area contributed by atoms with Crippen molar-refractivity contribution in [1.29, 1.82) is 0 Å². The average Bonchev–Trinajstić information content (AvgIpc) is 2.87. The first-order valence-electron chi connectivity index (χ1n) is 10.3. The minimum absolute atomic E-state index is 0.0986. The third-order valence-corrected chi connectivity index (χ3v) is 5.24. The molecule has 1 atom stereocenters. The minimum atomic E-state index is -0.545. The lowest BCUT2D eigenvalue weighted by atomic mass is 9.87. The van der Waals surface area contributed by atoms with Gasteiger partial charge in [-0.25, -0.2) is 0 Å². The van der Waals surface area contributed by atoms with E-state index in [4.69, 9.17) is 4.74 Å². The first-order valence-corrected chi connectivity index (χ1v) is 10.3. The standard InChI is InChI=1S/C22H32N4O2/c1-16(28-18-11-9-17(10-12-18)22(2,3)4)21(27)23-14-13-20-25-24-19-8-6-5-7-15-26(19)20/h9-12,16H,5-8,13-15H2,1-4H3,(H,23,27). The van der Waals surface area contributed by atoms with Gasteiger partial charge in [0.05, 0.1) is 0 Å². The Hall–Kier alpha value is -2.37. The Kier molecular flexibility index (Phi) is 6.37. The topological polar surface area (TPSA) is 69.0 Å². The molecular formula is C22H32N4O2. The van der Waals surface area contributed by atoms with Crippen LogP contribution in [0.5, 0.6) is 5.75 Å². The van der Waals surface area contributed by atoms with E-state index in [1.54, 1.807) is 6.92 Å². The highest BCUT2D eigenvalue weighted by molar-refractivity contribution is 5.80. The molecule has 0 spiro atoms. The van der Waals surface area contributed by atoms with Gasteiger partial charge >= 0.3 is 0 Å². The maximum Gasteiger partial charge on any atom is 0.260 e. The van der Waals surface area contributed by atoms with Gasteiger partial charge in [0.15, 0.2) is 6.10 Å². The van der Waals surface area contributed by atoms with E-state index in [1.807, 2.05) is 12.1 Å². The van der Waals surface area contributed by atoms with E-state index in [0.29, 0.717) is 18.7 Å². The molecular weight excluding hydrogens is 352 g/mol. The molecule has 0 aliphatic carbocycles. The molecule has 6 nitrogen and oxygen atoms in total. The third kappa shape index (κ3) is 5.12. The van der Waals surface area contributed by atoms with Crippen LogP contribution >= 0.6 is 0 Å². The van der Waals surface area contributed by atoms with Crippen LogP contribution in [0.2, 0.25) is 0 Å². The highest BCUT2D eigenvalue weighted by Crippen LogP contribution is 2.24. The highest BCUT2D eigenvalue weighted by atomic mass is 16.5. The predicted molar refractivity (Wildman–Crippen MR) is 110 cm³/mol. The number of aryl methyl sites for hydroxylation is 1. The normalized spacial score (nSPS) is 15.4. The molecule has 1 aromatic heterocycles. The molecule has 0 saturated carbocycles. The van der Waals surface area contributed by atoms with Crippen LogP contribution in [0.4, 0.5) is 0 Å². The lowest BCUT2D eigenvalue weighted by molar-refractivity contribution is -0.127. The zero-order valence-electron chi connectivity index (χ0n) is 17.5. The quantitative estimate of drug-likeness (QED) is 0.828. The van der Waals surface area contributed by atoms with Crippen molar-refractivity contribution < 1.29 is 9.53 Å². The molecule has 6 heteroatoms. The van der Waals surface area contributed by atoms with E-state index in [9.17, 15) is 4.79 Å². The van der Waals surface area contributed by atoms with Gasteiger partial charge in [-0.3, -0.25) is 4.79 Å². The van der Waals surface area contributed by atoms with Crippen molar-refractivity contribution in [3.8, 4) is 5.75 Å². The Labute approximate surface area is 167 Å². The summed E-state index contributed by atoms with van der Waals surface area (Å²) in [6.07, 6.45) is 4.73. The van der Waals surface area contributed by atoms with Gasteiger partial charge in [-0.1, -0.05) is 39.3 Å². The van der Waals surface area contributed by atoms with Gasteiger partial charge in [0.1, 0.15) is 17.4 Å². The number of nitrogens with zero attached hydrogens (tertiary/aromatic N) is 3. The summed E-state index contributed by atoms with van der Waals surface area (Å²) in [4.78, 5) is 12.4. The van der Waals surface area contributed by atoms with Crippen LogP contribution in [0.15, 0.2) is 24.3 Å². The summed E-state index contributed by atoms with van der Waals surface area (Å²) in [5.41, 5.74) is 1.34. The van der Waals surface area contributed by atoms with Crippen molar-refractivity contribution >= 4 is 5.91 Å². The number of hydrogen-bond acceptors (Lipinski definition) is 4.